The van der Waals surface area contributed by atoms with Crippen molar-refractivity contribution >= 4 is 29.1 Å². The van der Waals surface area contributed by atoms with E-state index in [1.165, 1.54) is 24.4 Å². The number of halogens is 4. The van der Waals surface area contributed by atoms with Crippen molar-refractivity contribution in [2.24, 2.45) is 11.7 Å². The van der Waals surface area contributed by atoms with Gasteiger partial charge in [0.05, 0.1) is 6.10 Å². The number of carbonyl (C=O) groups excluding carboxylic acids is 2. The molecule has 2 aromatic rings. The van der Waals surface area contributed by atoms with E-state index in [0.29, 0.717) is 29.7 Å². The molecule has 0 saturated heterocycles. The first-order valence-corrected chi connectivity index (χ1v) is 16.0. The Bertz CT molecular complexity index is 1810. The quantitative estimate of drug-likeness (QED) is 0.187. The molecule has 3 fully saturated rings. The van der Waals surface area contributed by atoms with Gasteiger partial charge in [-0.2, -0.15) is 0 Å². The number of ether oxygens (including phenoxy) is 2. The van der Waals surface area contributed by atoms with Gasteiger partial charge >= 0.3 is 0 Å². The standard InChI is InChI=1S/C34H33ClF3N5O4/c1-33(32(40)45)15-46-30-22(33)12-24(43-29(30)20-6-7-23(36)26(35)27(20)37)21(16-2-3-16)14-41-31(44)17-10-18(13-42-34(38)8-9-34)28(39)25(11-17)47-19-4-5-19/h6-7,10-13,16,19,21,39,42H,2-5,8-9,14-15H2,1H3,(H2,40,45)(H,41,44)/b18-13-,39-28?/t21-,33-/m0/s1. The van der Waals surface area contributed by atoms with Crippen molar-refractivity contribution in [1.82, 2.24) is 15.6 Å². The Morgan fingerprint density at radius 3 is 2.64 bits per heavy atom. The molecular formula is C34H33ClF3N5O4. The second kappa shape index (κ2) is 11.4. The highest BCUT2D eigenvalue weighted by Crippen LogP contribution is 2.49. The Balaban J connectivity index is 1.21. The Morgan fingerprint density at radius 1 is 1.23 bits per heavy atom. The van der Waals surface area contributed by atoms with Gasteiger partial charge in [0.15, 0.2) is 11.6 Å². The molecule has 9 nitrogen and oxygen atoms in total. The molecule has 5 aliphatic rings. The third kappa shape index (κ3) is 5.99. The Kier molecular flexibility index (Phi) is 7.61. The first kappa shape index (κ1) is 31.3. The number of aromatic nitrogens is 1. The van der Waals surface area contributed by atoms with Crippen LogP contribution in [0.2, 0.25) is 5.02 Å². The number of nitrogens with one attached hydrogen (secondary N) is 3. The molecule has 5 N–H and O–H groups in total. The van der Waals surface area contributed by atoms with Crippen LogP contribution in [-0.2, 0) is 19.7 Å². The van der Waals surface area contributed by atoms with E-state index >= 15 is 4.39 Å². The number of pyridine rings is 1. The average molecular weight is 668 g/mol. The van der Waals surface area contributed by atoms with E-state index in [2.05, 4.69) is 10.6 Å². The molecule has 2 amide bonds. The average Bonchev–Trinajstić information content (AvgIpc) is 3.94. The van der Waals surface area contributed by atoms with E-state index in [4.69, 9.17) is 37.2 Å². The number of carbonyl (C=O) groups is 2. The zero-order valence-electron chi connectivity index (χ0n) is 25.5. The number of nitrogens with zero attached hydrogens (tertiary/aromatic N) is 1. The summed E-state index contributed by atoms with van der Waals surface area (Å²) in [5, 5.41) is 13.6. The molecule has 0 unspecified atom stereocenters. The number of alkyl halides is 1. The molecule has 47 heavy (non-hydrogen) atoms. The normalized spacial score (nSPS) is 24.1. The molecule has 0 bridgehead atoms. The predicted molar refractivity (Wildman–Crippen MR) is 167 cm³/mol. The maximum Gasteiger partial charge on any atom is 0.251 e. The Hall–Kier alpha value is -4.32. The fraction of sp³-hybridized carbons (Fsp3) is 0.412. The summed E-state index contributed by atoms with van der Waals surface area (Å²) in [7, 11) is 0. The molecule has 1 aliphatic heterocycles. The van der Waals surface area contributed by atoms with Crippen LogP contribution in [0.3, 0.4) is 0 Å². The lowest BCUT2D eigenvalue weighted by molar-refractivity contribution is -0.123. The zero-order chi connectivity index (χ0) is 33.2. The molecule has 246 valence electrons. The van der Waals surface area contributed by atoms with Gasteiger partial charge in [-0.1, -0.05) is 11.6 Å². The number of primary amides is 1. The van der Waals surface area contributed by atoms with Gasteiger partial charge in [0.1, 0.15) is 45.8 Å². The third-order valence-electron chi connectivity index (χ3n) is 9.37. The molecule has 0 spiro atoms. The minimum absolute atomic E-state index is 0.0237. The molecule has 2 atom stereocenters. The summed E-state index contributed by atoms with van der Waals surface area (Å²) in [4.78, 5) is 31.0. The molecule has 3 saturated carbocycles. The maximum absolute atomic E-state index is 15.3. The molecule has 1 aromatic carbocycles. The van der Waals surface area contributed by atoms with Crippen LogP contribution in [0.25, 0.3) is 11.3 Å². The van der Waals surface area contributed by atoms with Crippen LogP contribution in [0.5, 0.6) is 5.75 Å². The van der Waals surface area contributed by atoms with Crippen LogP contribution < -0.4 is 21.1 Å². The second-order valence-electron chi connectivity index (χ2n) is 13.1. The number of fused-ring (bicyclic) bond motifs is 1. The summed E-state index contributed by atoms with van der Waals surface area (Å²) in [5.74, 6) is -4.33. The minimum atomic E-state index is -1.50. The van der Waals surface area contributed by atoms with E-state index in [0.717, 1.165) is 31.7 Å². The van der Waals surface area contributed by atoms with Crippen LogP contribution in [-0.4, -0.2) is 47.6 Å². The molecule has 0 radical (unpaired) electrons. The van der Waals surface area contributed by atoms with Gasteiger partial charge < -0.3 is 25.8 Å². The monoisotopic (exact) mass is 667 g/mol. The summed E-state index contributed by atoms with van der Waals surface area (Å²) >= 11 is 5.92. The fourth-order valence-electron chi connectivity index (χ4n) is 5.81. The number of benzene rings is 1. The number of rotatable bonds is 11. The van der Waals surface area contributed by atoms with E-state index in [1.54, 1.807) is 13.0 Å². The molecule has 13 heteroatoms. The van der Waals surface area contributed by atoms with E-state index < -0.39 is 39.7 Å². The highest BCUT2D eigenvalue weighted by Gasteiger charge is 2.46. The number of hydrogen-bond donors (Lipinski definition) is 4. The topological polar surface area (TPSA) is 139 Å². The van der Waals surface area contributed by atoms with Gasteiger partial charge in [-0.05, 0) is 68.9 Å². The van der Waals surface area contributed by atoms with Gasteiger partial charge in [0.2, 0.25) is 5.91 Å². The van der Waals surface area contributed by atoms with Crippen molar-refractivity contribution in [3.8, 4) is 17.0 Å². The van der Waals surface area contributed by atoms with Gasteiger partial charge in [0, 0.05) is 59.5 Å². The lowest BCUT2D eigenvalue weighted by Crippen LogP contribution is -2.40. The minimum Gasteiger partial charge on any atom is -0.489 e. The summed E-state index contributed by atoms with van der Waals surface area (Å²) in [6.45, 7) is 1.68. The smallest absolute Gasteiger partial charge is 0.251 e. The van der Waals surface area contributed by atoms with E-state index in [-0.39, 0.29) is 65.1 Å². The van der Waals surface area contributed by atoms with Crippen LogP contribution in [0, 0.1) is 23.0 Å². The van der Waals surface area contributed by atoms with Crippen LogP contribution >= 0.6 is 11.6 Å². The molecule has 7 rings (SSSR count). The summed E-state index contributed by atoms with van der Waals surface area (Å²) in [6.07, 6.45) is 8.59. The first-order chi connectivity index (χ1) is 22.4. The number of hydrogen-bond acceptors (Lipinski definition) is 7. The van der Waals surface area contributed by atoms with Gasteiger partial charge in [-0.25, -0.2) is 18.2 Å². The number of allylic oxidation sites excluding steroid dienone is 2. The lowest BCUT2D eigenvalue weighted by atomic mass is 9.82. The summed E-state index contributed by atoms with van der Waals surface area (Å²) in [5.41, 5.74) is 6.04. The maximum atomic E-state index is 15.3. The third-order valence-corrected chi connectivity index (χ3v) is 9.71. The van der Waals surface area contributed by atoms with Crippen molar-refractivity contribution < 1.29 is 32.2 Å². The molecule has 4 aliphatic carbocycles. The Morgan fingerprint density at radius 2 is 1.98 bits per heavy atom. The highest BCUT2D eigenvalue weighted by molar-refractivity contribution is 6.31. The highest BCUT2D eigenvalue weighted by atomic mass is 35.5. The molecular weight excluding hydrogens is 635 g/mol. The molecule has 2 heterocycles. The van der Waals surface area contributed by atoms with Crippen molar-refractivity contribution in [3.63, 3.8) is 0 Å². The number of nitrogens with two attached hydrogens (primary N) is 1. The van der Waals surface area contributed by atoms with E-state index in [1.807, 2.05) is 0 Å². The van der Waals surface area contributed by atoms with Crippen molar-refractivity contribution in [3.05, 3.63) is 81.4 Å². The Labute approximate surface area is 273 Å². The first-order valence-electron chi connectivity index (χ1n) is 15.6. The van der Waals surface area contributed by atoms with Crippen LogP contribution in [0.4, 0.5) is 13.2 Å². The fourth-order valence-corrected chi connectivity index (χ4v) is 5.97. The zero-order valence-corrected chi connectivity index (χ0v) is 26.3. The number of amides is 2. The molecule has 1 aromatic heterocycles. The lowest BCUT2D eigenvalue weighted by Gasteiger charge is -2.23. The SMILES string of the molecule is C[C@]1(C(N)=O)COc2c1cc([C@@H](CNC(=O)C1=C/C(=C/NC3(F)CC3)C(=N)C(OC3CC3)=C1)C1CC1)nc2-c1ccc(F)c(Cl)c1F. The summed E-state index contributed by atoms with van der Waals surface area (Å²) in [6, 6.07) is 3.97. The van der Waals surface area contributed by atoms with Gasteiger partial charge in [0.25, 0.3) is 5.91 Å². The van der Waals surface area contributed by atoms with Gasteiger partial charge in [-0.15, -0.1) is 0 Å². The largest absolute Gasteiger partial charge is 0.489 e. The van der Waals surface area contributed by atoms with Crippen molar-refractivity contribution in [2.45, 2.75) is 68.7 Å². The second-order valence-corrected chi connectivity index (χ2v) is 13.5. The predicted octanol–water partition coefficient (Wildman–Crippen LogP) is 5.38. The van der Waals surface area contributed by atoms with Gasteiger partial charge in [-0.3, -0.25) is 15.0 Å². The van der Waals surface area contributed by atoms with Crippen molar-refractivity contribution in [1.29, 1.82) is 5.41 Å². The van der Waals surface area contributed by atoms with E-state index in [9.17, 15) is 18.4 Å². The van der Waals surface area contributed by atoms with Crippen molar-refractivity contribution in [2.75, 3.05) is 13.2 Å². The summed E-state index contributed by atoms with van der Waals surface area (Å²) < 4.78 is 55.5. The van der Waals surface area contributed by atoms with Crippen LogP contribution in [0.15, 0.2) is 53.5 Å². The van der Waals surface area contributed by atoms with Crippen LogP contribution in [0.1, 0.15) is 62.6 Å².